The molecule has 0 atom stereocenters. The summed E-state index contributed by atoms with van der Waals surface area (Å²) < 4.78 is 5.24. The Morgan fingerprint density at radius 1 is 1.08 bits per heavy atom. The third-order valence-corrected chi connectivity index (χ3v) is 4.51. The highest BCUT2D eigenvalue weighted by Crippen LogP contribution is 2.33. The zero-order chi connectivity index (χ0) is 17.8. The highest BCUT2D eigenvalue weighted by atomic mass is 35.5. The predicted molar refractivity (Wildman–Crippen MR) is 99.4 cm³/mol. The van der Waals surface area contributed by atoms with Crippen LogP contribution in [-0.2, 0) is 0 Å². The zero-order valence-electron chi connectivity index (χ0n) is 14.0. The van der Waals surface area contributed by atoms with Crippen molar-refractivity contribution in [3.63, 3.8) is 0 Å². The van der Waals surface area contributed by atoms with Crippen molar-refractivity contribution in [1.82, 2.24) is 20.0 Å². The van der Waals surface area contributed by atoms with Crippen LogP contribution >= 0.6 is 23.2 Å². The minimum absolute atomic E-state index is 0.0573. The molecule has 2 heterocycles. The number of nitrogen functional groups attached to an aromatic ring is 1. The fourth-order valence-corrected chi connectivity index (χ4v) is 3.31. The molecule has 0 unspecified atom stereocenters. The van der Waals surface area contributed by atoms with Crippen molar-refractivity contribution in [2.75, 3.05) is 30.9 Å². The van der Waals surface area contributed by atoms with E-state index in [1.165, 1.54) is 12.8 Å². The molecule has 2 N–H and O–H groups in total. The van der Waals surface area contributed by atoms with Gasteiger partial charge in [-0.2, -0.15) is 15.0 Å². The minimum atomic E-state index is 0.0573. The Labute approximate surface area is 156 Å². The molecule has 3 rings (SSSR count). The van der Waals surface area contributed by atoms with E-state index in [9.17, 15) is 0 Å². The molecule has 25 heavy (non-hydrogen) atoms. The van der Waals surface area contributed by atoms with E-state index in [1.54, 1.807) is 7.11 Å². The van der Waals surface area contributed by atoms with Gasteiger partial charge in [-0.25, -0.2) is 10.0 Å². The van der Waals surface area contributed by atoms with Crippen LogP contribution in [0.25, 0.3) is 0 Å². The standard InChI is InChI=1S/C16H20Cl2N6O/c1-25-13-7-6-11(10-12(13)17)24(23-8-4-2-3-5-9-23)16-21-14(18)20-15(19)22-16/h6-7,10H,2-5,8-9H2,1H3,(H2,19,20,21,22). The molecule has 0 amide bonds. The van der Waals surface area contributed by atoms with Crippen molar-refractivity contribution in [3.8, 4) is 5.75 Å². The van der Waals surface area contributed by atoms with Crippen molar-refractivity contribution >= 4 is 40.8 Å². The second-order valence-electron chi connectivity index (χ2n) is 5.76. The number of nitrogens with zero attached hydrogens (tertiary/aromatic N) is 5. The summed E-state index contributed by atoms with van der Waals surface area (Å²) in [5.74, 6) is 1.06. The van der Waals surface area contributed by atoms with Crippen LogP contribution in [0.4, 0.5) is 17.6 Å². The highest BCUT2D eigenvalue weighted by molar-refractivity contribution is 6.32. The van der Waals surface area contributed by atoms with Crippen LogP contribution in [-0.4, -0.2) is 40.2 Å². The molecule has 0 bridgehead atoms. The van der Waals surface area contributed by atoms with Crippen molar-refractivity contribution < 1.29 is 4.74 Å². The van der Waals surface area contributed by atoms with E-state index in [0.29, 0.717) is 16.7 Å². The monoisotopic (exact) mass is 382 g/mol. The van der Waals surface area contributed by atoms with E-state index in [0.717, 1.165) is 31.6 Å². The van der Waals surface area contributed by atoms with Gasteiger partial charge in [0.25, 0.3) is 5.95 Å². The van der Waals surface area contributed by atoms with Gasteiger partial charge in [-0.05, 0) is 42.6 Å². The van der Waals surface area contributed by atoms with Gasteiger partial charge >= 0.3 is 0 Å². The van der Waals surface area contributed by atoms with E-state index in [2.05, 4.69) is 20.0 Å². The number of nitrogens with two attached hydrogens (primary N) is 1. The molecule has 1 aliphatic heterocycles. The van der Waals surface area contributed by atoms with Gasteiger partial charge in [0.05, 0.1) is 17.8 Å². The summed E-state index contributed by atoms with van der Waals surface area (Å²) in [6, 6.07) is 5.54. The molecule has 0 saturated carbocycles. The van der Waals surface area contributed by atoms with Gasteiger partial charge in [0, 0.05) is 13.1 Å². The number of anilines is 3. The Hall–Kier alpha value is -1.83. The van der Waals surface area contributed by atoms with Crippen molar-refractivity contribution in [2.45, 2.75) is 25.7 Å². The van der Waals surface area contributed by atoms with E-state index in [1.807, 2.05) is 23.2 Å². The third-order valence-electron chi connectivity index (χ3n) is 4.05. The van der Waals surface area contributed by atoms with Crippen LogP contribution < -0.4 is 15.5 Å². The first-order valence-electron chi connectivity index (χ1n) is 8.14. The summed E-state index contributed by atoms with van der Waals surface area (Å²) in [7, 11) is 1.58. The first kappa shape index (κ1) is 18.0. The van der Waals surface area contributed by atoms with E-state index >= 15 is 0 Å². The van der Waals surface area contributed by atoms with Crippen molar-refractivity contribution in [3.05, 3.63) is 28.5 Å². The first-order chi connectivity index (χ1) is 12.1. The molecule has 0 spiro atoms. The molecule has 0 radical (unpaired) electrons. The lowest BCUT2D eigenvalue weighted by Crippen LogP contribution is -2.41. The van der Waals surface area contributed by atoms with Gasteiger partial charge in [0.1, 0.15) is 5.75 Å². The number of hydrogen-bond acceptors (Lipinski definition) is 7. The average Bonchev–Trinajstić information content (AvgIpc) is 2.84. The van der Waals surface area contributed by atoms with Crippen LogP contribution in [0.3, 0.4) is 0 Å². The van der Waals surface area contributed by atoms with E-state index in [4.69, 9.17) is 33.7 Å². The molecule has 9 heteroatoms. The SMILES string of the molecule is COc1ccc(N(c2nc(N)nc(Cl)n2)N2CCCCCC2)cc1Cl. The largest absolute Gasteiger partial charge is 0.495 e. The number of benzene rings is 1. The topological polar surface area (TPSA) is 80.4 Å². The lowest BCUT2D eigenvalue weighted by Gasteiger charge is -2.34. The number of methoxy groups -OCH3 is 1. The molecule has 7 nitrogen and oxygen atoms in total. The van der Waals surface area contributed by atoms with Gasteiger partial charge in [0.15, 0.2) is 0 Å². The smallest absolute Gasteiger partial charge is 0.251 e. The molecular weight excluding hydrogens is 363 g/mol. The molecule has 134 valence electrons. The van der Waals surface area contributed by atoms with Gasteiger partial charge in [-0.1, -0.05) is 24.4 Å². The van der Waals surface area contributed by atoms with Crippen LogP contribution in [0.1, 0.15) is 25.7 Å². The first-order valence-corrected chi connectivity index (χ1v) is 8.89. The fourth-order valence-electron chi connectivity index (χ4n) is 2.90. The normalized spacial score (nSPS) is 15.6. The summed E-state index contributed by atoms with van der Waals surface area (Å²) in [5.41, 5.74) is 6.59. The van der Waals surface area contributed by atoms with Gasteiger partial charge in [-0.3, -0.25) is 0 Å². The molecule has 1 aromatic heterocycles. The van der Waals surface area contributed by atoms with E-state index < -0.39 is 0 Å². The number of halogens is 2. The van der Waals surface area contributed by atoms with Gasteiger partial charge in [0.2, 0.25) is 11.2 Å². The lowest BCUT2D eigenvalue weighted by atomic mass is 10.2. The highest BCUT2D eigenvalue weighted by Gasteiger charge is 2.24. The van der Waals surface area contributed by atoms with Crippen LogP contribution in [0.5, 0.6) is 5.75 Å². The van der Waals surface area contributed by atoms with Crippen LogP contribution in [0.15, 0.2) is 18.2 Å². The van der Waals surface area contributed by atoms with Crippen LogP contribution in [0.2, 0.25) is 10.3 Å². The molecule has 2 aromatic rings. The number of hydrazine groups is 1. The summed E-state index contributed by atoms with van der Waals surface area (Å²) in [6.07, 6.45) is 4.59. The molecule has 1 saturated heterocycles. The second kappa shape index (κ2) is 8.03. The third kappa shape index (κ3) is 4.23. The summed E-state index contributed by atoms with van der Waals surface area (Å²) in [6.45, 7) is 1.76. The summed E-state index contributed by atoms with van der Waals surface area (Å²) in [5, 5.41) is 4.66. The summed E-state index contributed by atoms with van der Waals surface area (Å²) >= 11 is 12.3. The predicted octanol–water partition coefficient (Wildman–Crippen LogP) is 3.70. The van der Waals surface area contributed by atoms with Crippen molar-refractivity contribution in [1.29, 1.82) is 0 Å². The molecular formula is C16H20Cl2N6O. The molecule has 1 aliphatic rings. The average molecular weight is 383 g/mol. The van der Waals surface area contributed by atoms with Gasteiger partial charge in [-0.15, -0.1) is 0 Å². The summed E-state index contributed by atoms with van der Waals surface area (Å²) in [4.78, 5) is 12.4. The number of ether oxygens (including phenoxy) is 1. The maximum Gasteiger partial charge on any atom is 0.251 e. The van der Waals surface area contributed by atoms with Crippen molar-refractivity contribution in [2.24, 2.45) is 0 Å². The van der Waals surface area contributed by atoms with E-state index in [-0.39, 0.29) is 11.2 Å². The maximum absolute atomic E-state index is 6.32. The Morgan fingerprint density at radius 2 is 1.80 bits per heavy atom. The lowest BCUT2D eigenvalue weighted by molar-refractivity contribution is 0.285. The van der Waals surface area contributed by atoms with Crippen LogP contribution in [0, 0.1) is 0 Å². The molecule has 0 aliphatic carbocycles. The Kier molecular flexibility index (Phi) is 5.78. The number of hydrogen-bond donors (Lipinski definition) is 1. The number of rotatable bonds is 4. The minimum Gasteiger partial charge on any atom is -0.495 e. The maximum atomic E-state index is 6.32. The Balaban J connectivity index is 2.05. The second-order valence-corrected chi connectivity index (χ2v) is 6.51. The fraction of sp³-hybridized carbons (Fsp3) is 0.438. The molecule has 1 fully saturated rings. The molecule has 1 aromatic carbocycles. The van der Waals surface area contributed by atoms with Gasteiger partial charge < -0.3 is 10.5 Å². The number of aromatic nitrogens is 3. The Bertz CT molecular complexity index is 716. The Morgan fingerprint density at radius 3 is 2.40 bits per heavy atom. The quantitative estimate of drug-likeness (QED) is 0.862. The zero-order valence-corrected chi connectivity index (χ0v) is 15.5.